The fourth-order valence-electron chi connectivity index (χ4n) is 2.36. The summed E-state index contributed by atoms with van der Waals surface area (Å²) in [5, 5.41) is 18.5. The molecule has 0 radical (unpaired) electrons. The van der Waals surface area contributed by atoms with Crippen LogP contribution in [0.1, 0.15) is 0 Å². The highest BCUT2D eigenvalue weighted by atomic mass is 16.6. The molecule has 0 spiro atoms. The minimum absolute atomic E-state index is 0.0150. The average Bonchev–Trinajstić information content (AvgIpc) is 2.60. The Morgan fingerprint density at radius 1 is 0.917 bits per heavy atom. The number of nitro benzene ring substituents is 1. The number of rotatable bonds is 5. The molecule has 0 heterocycles. The zero-order valence-electron chi connectivity index (χ0n) is 12.7. The van der Waals surface area contributed by atoms with Gasteiger partial charge >= 0.3 is 0 Å². The zero-order chi connectivity index (χ0) is 16.9. The van der Waals surface area contributed by atoms with E-state index in [0.29, 0.717) is 5.69 Å². The van der Waals surface area contributed by atoms with Crippen LogP contribution in [0.15, 0.2) is 66.7 Å². The summed E-state index contributed by atoms with van der Waals surface area (Å²) in [6, 6.07) is 19.6. The zero-order valence-corrected chi connectivity index (χ0v) is 12.7. The number of amides is 1. The van der Waals surface area contributed by atoms with Crippen molar-refractivity contribution in [2.45, 2.75) is 0 Å². The van der Waals surface area contributed by atoms with Gasteiger partial charge in [-0.05, 0) is 35.0 Å². The second-order valence-corrected chi connectivity index (χ2v) is 5.27. The summed E-state index contributed by atoms with van der Waals surface area (Å²) >= 11 is 0. The van der Waals surface area contributed by atoms with Crippen LogP contribution >= 0.6 is 0 Å². The van der Waals surface area contributed by atoms with Crippen LogP contribution in [-0.2, 0) is 4.79 Å². The molecule has 0 bridgehead atoms. The lowest BCUT2D eigenvalue weighted by molar-refractivity contribution is -0.384. The van der Waals surface area contributed by atoms with Gasteiger partial charge in [0.05, 0.1) is 11.5 Å². The first kappa shape index (κ1) is 15.5. The number of carbonyl (C=O) groups is 1. The fourth-order valence-corrected chi connectivity index (χ4v) is 2.36. The molecular formula is C18H15N3O3. The number of hydrogen-bond acceptors (Lipinski definition) is 4. The third kappa shape index (κ3) is 3.67. The quantitative estimate of drug-likeness (QED) is 0.553. The highest BCUT2D eigenvalue weighted by Crippen LogP contribution is 2.19. The summed E-state index contributed by atoms with van der Waals surface area (Å²) < 4.78 is 0. The van der Waals surface area contributed by atoms with Crippen LogP contribution in [0, 0.1) is 10.1 Å². The van der Waals surface area contributed by atoms with Crippen molar-refractivity contribution < 1.29 is 9.72 Å². The average molecular weight is 321 g/mol. The number of non-ortho nitro benzene ring substituents is 1. The van der Waals surface area contributed by atoms with Crippen molar-refractivity contribution >= 4 is 33.7 Å². The summed E-state index contributed by atoms with van der Waals surface area (Å²) in [5.74, 6) is -0.191. The van der Waals surface area contributed by atoms with Crippen LogP contribution in [0.4, 0.5) is 17.1 Å². The van der Waals surface area contributed by atoms with Gasteiger partial charge in [-0.1, -0.05) is 30.3 Å². The number of anilines is 2. The summed E-state index contributed by atoms with van der Waals surface area (Å²) in [7, 11) is 0. The van der Waals surface area contributed by atoms with Crippen molar-refractivity contribution in [1.82, 2.24) is 0 Å². The third-order valence-corrected chi connectivity index (χ3v) is 3.56. The number of fused-ring (bicyclic) bond motifs is 1. The third-order valence-electron chi connectivity index (χ3n) is 3.56. The number of nitrogens with one attached hydrogen (secondary N) is 2. The molecule has 24 heavy (non-hydrogen) atoms. The van der Waals surface area contributed by atoms with Crippen molar-refractivity contribution in [3.63, 3.8) is 0 Å². The molecule has 120 valence electrons. The molecule has 0 saturated heterocycles. The Hall–Kier alpha value is -3.41. The van der Waals surface area contributed by atoms with Crippen LogP contribution in [0.3, 0.4) is 0 Å². The van der Waals surface area contributed by atoms with Gasteiger partial charge in [0.1, 0.15) is 0 Å². The minimum Gasteiger partial charge on any atom is -0.376 e. The van der Waals surface area contributed by atoms with E-state index in [2.05, 4.69) is 10.6 Å². The molecule has 2 N–H and O–H groups in total. The Bertz CT molecular complexity index is 891. The van der Waals surface area contributed by atoms with Gasteiger partial charge in [-0.2, -0.15) is 0 Å². The molecule has 3 aromatic rings. The molecule has 0 aliphatic carbocycles. The van der Waals surface area contributed by atoms with Crippen molar-refractivity contribution in [2.75, 3.05) is 17.2 Å². The maximum atomic E-state index is 12.0. The Morgan fingerprint density at radius 2 is 1.58 bits per heavy atom. The summed E-state index contributed by atoms with van der Waals surface area (Å²) in [6.07, 6.45) is 0. The number of nitro groups is 1. The minimum atomic E-state index is -0.462. The van der Waals surface area contributed by atoms with Gasteiger partial charge in [-0.3, -0.25) is 14.9 Å². The molecule has 0 fully saturated rings. The maximum Gasteiger partial charge on any atom is 0.269 e. The van der Waals surface area contributed by atoms with Crippen LogP contribution in [0.25, 0.3) is 10.8 Å². The predicted octanol–water partition coefficient (Wildman–Crippen LogP) is 3.80. The normalized spacial score (nSPS) is 10.3. The van der Waals surface area contributed by atoms with E-state index in [9.17, 15) is 14.9 Å². The predicted molar refractivity (Wildman–Crippen MR) is 94.2 cm³/mol. The lowest BCUT2D eigenvalue weighted by Gasteiger charge is -2.08. The van der Waals surface area contributed by atoms with Gasteiger partial charge in [0.15, 0.2) is 0 Å². The molecule has 0 aromatic heterocycles. The van der Waals surface area contributed by atoms with Gasteiger partial charge in [-0.25, -0.2) is 0 Å². The molecule has 0 aliphatic heterocycles. The van der Waals surface area contributed by atoms with E-state index < -0.39 is 4.92 Å². The number of nitrogens with zero attached hydrogens (tertiary/aromatic N) is 1. The van der Waals surface area contributed by atoms with Gasteiger partial charge < -0.3 is 10.6 Å². The molecule has 6 heteroatoms. The second-order valence-electron chi connectivity index (χ2n) is 5.27. The van der Waals surface area contributed by atoms with Gasteiger partial charge in [0.25, 0.3) is 5.69 Å². The highest BCUT2D eigenvalue weighted by molar-refractivity contribution is 5.96. The van der Waals surface area contributed by atoms with Crippen LogP contribution in [0.5, 0.6) is 0 Å². The van der Waals surface area contributed by atoms with E-state index in [-0.39, 0.29) is 18.1 Å². The van der Waals surface area contributed by atoms with Crippen LogP contribution in [-0.4, -0.2) is 17.4 Å². The molecule has 0 saturated carbocycles. The molecule has 0 aliphatic rings. The molecule has 0 atom stereocenters. The molecule has 1 amide bonds. The molecule has 3 rings (SSSR count). The van der Waals surface area contributed by atoms with Gasteiger partial charge in [-0.15, -0.1) is 0 Å². The van der Waals surface area contributed by atoms with Gasteiger partial charge in [0.2, 0.25) is 5.91 Å². The first-order chi connectivity index (χ1) is 11.6. The topological polar surface area (TPSA) is 84.3 Å². The fraction of sp³-hybridized carbons (Fsp3) is 0.0556. The van der Waals surface area contributed by atoms with E-state index in [1.54, 1.807) is 12.1 Å². The van der Waals surface area contributed by atoms with Crippen molar-refractivity contribution in [1.29, 1.82) is 0 Å². The van der Waals surface area contributed by atoms with E-state index >= 15 is 0 Å². The van der Waals surface area contributed by atoms with E-state index in [4.69, 9.17) is 0 Å². The lowest BCUT2D eigenvalue weighted by Crippen LogP contribution is -2.21. The molecular weight excluding hydrogens is 306 g/mol. The Balaban J connectivity index is 1.59. The Labute approximate surface area is 138 Å². The first-order valence-electron chi connectivity index (χ1n) is 7.39. The summed E-state index contributed by atoms with van der Waals surface area (Å²) in [5.41, 5.74) is 1.39. The maximum absolute atomic E-state index is 12.0. The van der Waals surface area contributed by atoms with Crippen molar-refractivity contribution in [2.24, 2.45) is 0 Å². The van der Waals surface area contributed by atoms with E-state index in [0.717, 1.165) is 16.5 Å². The smallest absolute Gasteiger partial charge is 0.269 e. The van der Waals surface area contributed by atoms with Gasteiger partial charge in [0, 0.05) is 23.5 Å². The largest absolute Gasteiger partial charge is 0.376 e. The molecule has 6 nitrogen and oxygen atoms in total. The number of hydrogen-bond donors (Lipinski definition) is 2. The van der Waals surface area contributed by atoms with Crippen molar-refractivity contribution in [3.05, 3.63) is 76.8 Å². The Morgan fingerprint density at radius 3 is 2.29 bits per heavy atom. The number of benzene rings is 3. The first-order valence-corrected chi connectivity index (χ1v) is 7.39. The van der Waals surface area contributed by atoms with Crippen LogP contribution in [0.2, 0.25) is 0 Å². The SMILES string of the molecule is O=C(CNc1ccc([N+](=O)[O-])cc1)Nc1ccc2ccccc2c1. The van der Waals surface area contributed by atoms with E-state index in [1.165, 1.54) is 12.1 Å². The summed E-state index contributed by atoms with van der Waals surface area (Å²) in [6.45, 7) is 0.0740. The molecule has 3 aromatic carbocycles. The molecule has 0 unspecified atom stereocenters. The highest BCUT2D eigenvalue weighted by Gasteiger charge is 2.06. The standard InChI is InChI=1S/C18H15N3O3/c22-18(12-19-15-7-9-17(10-8-15)21(23)24)20-16-6-5-13-3-1-2-4-14(13)11-16/h1-11,19H,12H2,(H,20,22). The summed E-state index contributed by atoms with van der Waals surface area (Å²) in [4.78, 5) is 22.1. The van der Waals surface area contributed by atoms with Crippen LogP contribution < -0.4 is 10.6 Å². The second kappa shape index (κ2) is 6.78. The van der Waals surface area contributed by atoms with Crippen molar-refractivity contribution in [3.8, 4) is 0 Å². The lowest BCUT2D eigenvalue weighted by atomic mass is 10.1. The number of carbonyl (C=O) groups excluding carboxylic acids is 1. The van der Waals surface area contributed by atoms with E-state index in [1.807, 2.05) is 42.5 Å². The monoisotopic (exact) mass is 321 g/mol. The Kier molecular flexibility index (Phi) is 4.38.